The molecule has 0 aromatic heterocycles. The molecule has 0 aliphatic rings. The molecule has 0 fully saturated rings. The molecular formula is C14H19ClN2O. The molecule has 1 aromatic carbocycles. The molecule has 0 bridgehead atoms. The molecule has 1 rings (SSSR count). The zero-order valence-electron chi connectivity index (χ0n) is 10.7. The van der Waals surface area contributed by atoms with Gasteiger partial charge in [-0.05, 0) is 43.3 Å². The number of carbonyl (C=O) groups excluding carboxylic acids is 1. The molecule has 1 aromatic rings. The van der Waals surface area contributed by atoms with Crippen LogP contribution < -0.4 is 10.6 Å². The molecule has 0 saturated carbocycles. The summed E-state index contributed by atoms with van der Waals surface area (Å²) in [7, 11) is 1.90. The molecule has 98 valence electrons. The summed E-state index contributed by atoms with van der Waals surface area (Å²) in [6.45, 7) is 3.64. The van der Waals surface area contributed by atoms with Gasteiger partial charge in [-0.25, -0.2) is 0 Å². The molecule has 0 aliphatic heterocycles. The number of benzene rings is 1. The molecule has 1 amide bonds. The van der Waals surface area contributed by atoms with E-state index >= 15 is 0 Å². The van der Waals surface area contributed by atoms with Crippen LogP contribution in [0.4, 0.5) is 0 Å². The first-order valence-corrected chi connectivity index (χ1v) is 6.35. The quantitative estimate of drug-likeness (QED) is 0.776. The second-order valence-electron chi connectivity index (χ2n) is 4.29. The molecule has 1 atom stereocenters. The van der Waals surface area contributed by atoms with Crippen molar-refractivity contribution in [3.8, 4) is 0 Å². The Morgan fingerprint density at radius 2 is 2.00 bits per heavy atom. The van der Waals surface area contributed by atoms with E-state index in [2.05, 4.69) is 17.6 Å². The molecule has 0 heterocycles. The van der Waals surface area contributed by atoms with E-state index in [-0.39, 0.29) is 5.91 Å². The van der Waals surface area contributed by atoms with Gasteiger partial charge < -0.3 is 10.6 Å². The molecule has 2 N–H and O–H groups in total. The highest BCUT2D eigenvalue weighted by Gasteiger charge is 2.01. The van der Waals surface area contributed by atoms with Crippen molar-refractivity contribution >= 4 is 23.6 Å². The SMILES string of the molecule is CNCC(C)CNC(=O)/C=C/c1ccc(Cl)cc1. The number of amides is 1. The average molecular weight is 267 g/mol. The van der Waals surface area contributed by atoms with Crippen molar-refractivity contribution in [1.29, 1.82) is 0 Å². The Morgan fingerprint density at radius 1 is 1.33 bits per heavy atom. The Hall–Kier alpha value is -1.32. The minimum Gasteiger partial charge on any atom is -0.352 e. The van der Waals surface area contributed by atoms with Gasteiger partial charge in [0.15, 0.2) is 0 Å². The normalized spacial score (nSPS) is 12.6. The van der Waals surface area contributed by atoms with E-state index in [0.717, 1.165) is 12.1 Å². The summed E-state index contributed by atoms with van der Waals surface area (Å²) in [6.07, 6.45) is 3.31. The second-order valence-corrected chi connectivity index (χ2v) is 4.73. The van der Waals surface area contributed by atoms with Crippen LogP contribution in [0.1, 0.15) is 12.5 Å². The lowest BCUT2D eigenvalue weighted by molar-refractivity contribution is -0.116. The molecule has 1 unspecified atom stereocenters. The first-order valence-electron chi connectivity index (χ1n) is 5.98. The summed E-state index contributed by atoms with van der Waals surface area (Å²) in [6, 6.07) is 7.34. The van der Waals surface area contributed by atoms with Gasteiger partial charge in [-0.2, -0.15) is 0 Å². The zero-order chi connectivity index (χ0) is 13.4. The molecular weight excluding hydrogens is 248 g/mol. The fourth-order valence-electron chi connectivity index (χ4n) is 1.50. The van der Waals surface area contributed by atoms with Crippen LogP contribution in [0.2, 0.25) is 5.02 Å². The summed E-state index contributed by atoms with van der Waals surface area (Å²) in [5.74, 6) is 0.343. The fraction of sp³-hybridized carbons (Fsp3) is 0.357. The van der Waals surface area contributed by atoms with Crippen molar-refractivity contribution in [2.45, 2.75) is 6.92 Å². The lowest BCUT2D eigenvalue weighted by Crippen LogP contribution is -2.31. The maximum Gasteiger partial charge on any atom is 0.244 e. The Morgan fingerprint density at radius 3 is 2.61 bits per heavy atom. The lowest BCUT2D eigenvalue weighted by Gasteiger charge is -2.10. The monoisotopic (exact) mass is 266 g/mol. The van der Waals surface area contributed by atoms with Gasteiger partial charge in [-0.1, -0.05) is 30.7 Å². The number of halogens is 1. The third-order valence-corrected chi connectivity index (χ3v) is 2.73. The predicted octanol–water partition coefficient (Wildman–Crippen LogP) is 2.32. The van der Waals surface area contributed by atoms with Crippen LogP contribution in [-0.4, -0.2) is 26.0 Å². The Bertz CT molecular complexity index is 401. The molecule has 0 saturated heterocycles. The highest BCUT2D eigenvalue weighted by atomic mass is 35.5. The van der Waals surface area contributed by atoms with Gasteiger partial charge in [0.1, 0.15) is 0 Å². The van der Waals surface area contributed by atoms with E-state index in [1.165, 1.54) is 6.08 Å². The molecule has 18 heavy (non-hydrogen) atoms. The summed E-state index contributed by atoms with van der Waals surface area (Å²) in [4.78, 5) is 11.5. The molecule has 3 nitrogen and oxygen atoms in total. The van der Waals surface area contributed by atoms with Crippen molar-refractivity contribution in [1.82, 2.24) is 10.6 Å². The molecule has 0 spiro atoms. The van der Waals surface area contributed by atoms with Crippen LogP contribution in [0.25, 0.3) is 6.08 Å². The highest BCUT2D eigenvalue weighted by Crippen LogP contribution is 2.10. The maximum atomic E-state index is 11.5. The smallest absolute Gasteiger partial charge is 0.244 e. The number of carbonyl (C=O) groups is 1. The molecule has 4 heteroatoms. The van der Waals surface area contributed by atoms with E-state index in [0.29, 0.717) is 17.5 Å². The largest absolute Gasteiger partial charge is 0.352 e. The highest BCUT2D eigenvalue weighted by molar-refractivity contribution is 6.30. The Kier molecular flexibility index (Phi) is 6.47. The van der Waals surface area contributed by atoms with Gasteiger partial charge in [0.2, 0.25) is 5.91 Å². The Labute approximate surface area is 113 Å². The van der Waals surface area contributed by atoms with Crippen LogP contribution in [0.15, 0.2) is 30.3 Å². The van der Waals surface area contributed by atoms with Crippen LogP contribution in [0.3, 0.4) is 0 Å². The average Bonchev–Trinajstić information content (AvgIpc) is 2.36. The topological polar surface area (TPSA) is 41.1 Å². The van der Waals surface area contributed by atoms with Crippen LogP contribution >= 0.6 is 11.6 Å². The van der Waals surface area contributed by atoms with Crippen molar-refractivity contribution in [3.63, 3.8) is 0 Å². The first-order chi connectivity index (χ1) is 8.61. The number of hydrogen-bond acceptors (Lipinski definition) is 2. The summed E-state index contributed by atoms with van der Waals surface area (Å²) in [5, 5.41) is 6.62. The van der Waals surface area contributed by atoms with Gasteiger partial charge in [0, 0.05) is 17.6 Å². The zero-order valence-corrected chi connectivity index (χ0v) is 11.5. The van der Waals surface area contributed by atoms with Crippen LogP contribution in [-0.2, 0) is 4.79 Å². The van der Waals surface area contributed by atoms with E-state index in [9.17, 15) is 4.79 Å². The van der Waals surface area contributed by atoms with E-state index < -0.39 is 0 Å². The van der Waals surface area contributed by atoms with Gasteiger partial charge in [-0.15, -0.1) is 0 Å². The lowest BCUT2D eigenvalue weighted by atomic mass is 10.2. The van der Waals surface area contributed by atoms with Gasteiger partial charge >= 0.3 is 0 Å². The van der Waals surface area contributed by atoms with Gasteiger partial charge in [0.25, 0.3) is 0 Å². The van der Waals surface area contributed by atoms with Crippen molar-refractivity contribution < 1.29 is 4.79 Å². The van der Waals surface area contributed by atoms with E-state index in [1.807, 2.05) is 19.2 Å². The van der Waals surface area contributed by atoms with Crippen molar-refractivity contribution in [2.75, 3.05) is 20.1 Å². The molecule has 0 radical (unpaired) electrons. The number of hydrogen-bond donors (Lipinski definition) is 2. The Balaban J connectivity index is 2.37. The standard InChI is InChI=1S/C14H19ClN2O/c1-11(9-16-2)10-17-14(18)8-5-12-3-6-13(15)7-4-12/h3-8,11,16H,9-10H2,1-2H3,(H,17,18)/b8-5+. The minimum atomic E-state index is -0.0760. The third kappa shape index (κ3) is 5.84. The summed E-state index contributed by atoms with van der Waals surface area (Å²) < 4.78 is 0. The fourth-order valence-corrected chi connectivity index (χ4v) is 1.63. The van der Waals surface area contributed by atoms with Gasteiger partial charge in [-0.3, -0.25) is 4.79 Å². The van der Waals surface area contributed by atoms with Gasteiger partial charge in [0.05, 0.1) is 0 Å². The first kappa shape index (κ1) is 14.7. The van der Waals surface area contributed by atoms with E-state index in [4.69, 9.17) is 11.6 Å². The summed E-state index contributed by atoms with van der Waals surface area (Å²) >= 11 is 5.78. The number of nitrogens with one attached hydrogen (secondary N) is 2. The van der Waals surface area contributed by atoms with Crippen LogP contribution in [0, 0.1) is 5.92 Å². The minimum absolute atomic E-state index is 0.0760. The van der Waals surface area contributed by atoms with Crippen LogP contribution in [0.5, 0.6) is 0 Å². The second kappa shape index (κ2) is 7.90. The van der Waals surface area contributed by atoms with E-state index in [1.54, 1.807) is 18.2 Å². The van der Waals surface area contributed by atoms with Crippen molar-refractivity contribution in [2.24, 2.45) is 5.92 Å². The summed E-state index contributed by atoms with van der Waals surface area (Å²) in [5.41, 5.74) is 0.956. The number of rotatable bonds is 6. The predicted molar refractivity (Wildman–Crippen MR) is 76.6 cm³/mol. The van der Waals surface area contributed by atoms with Crippen molar-refractivity contribution in [3.05, 3.63) is 40.9 Å². The molecule has 0 aliphatic carbocycles. The third-order valence-electron chi connectivity index (χ3n) is 2.47. The maximum absolute atomic E-state index is 11.5.